The molecule has 3 N–H and O–H groups in total. The van der Waals surface area contributed by atoms with E-state index in [4.69, 9.17) is 19.9 Å². The highest BCUT2D eigenvalue weighted by atomic mass is 16.7. The molecule has 0 radical (unpaired) electrons. The van der Waals surface area contributed by atoms with Crippen molar-refractivity contribution < 1.29 is 19.0 Å². The van der Waals surface area contributed by atoms with Crippen molar-refractivity contribution in [2.45, 2.75) is 52.0 Å². The van der Waals surface area contributed by atoms with Crippen LogP contribution in [0.4, 0.5) is 0 Å². The van der Waals surface area contributed by atoms with Crippen molar-refractivity contribution in [3.05, 3.63) is 0 Å². The summed E-state index contributed by atoms with van der Waals surface area (Å²) in [7, 11) is 0. The Labute approximate surface area is 126 Å². The smallest absolute Gasteiger partial charge is 0.241 e. The molecule has 1 amide bonds. The summed E-state index contributed by atoms with van der Waals surface area (Å²) in [5.41, 5.74) is 5.24. The number of rotatable bonds is 7. The highest BCUT2D eigenvalue weighted by molar-refractivity contribution is 5.89. The van der Waals surface area contributed by atoms with E-state index in [9.17, 15) is 4.79 Å². The fraction of sp³-hybridized carbons (Fsp3) is 0.933. The van der Waals surface area contributed by atoms with Crippen LogP contribution in [-0.2, 0) is 19.0 Å². The maximum atomic E-state index is 12.6. The van der Waals surface area contributed by atoms with E-state index in [0.717, 1.165) is 6.42 Å². The average molecular weight is 300 g/mol. The van der Waals surface area contributed by atoms with Gasteiger partial charge < -0.3 is 25.3 Å². The third kappa shape index (κ3) is 2.59. The fourth-order valence-electron chi connectivity index (χ4n) is 3.71. The lowest BCUT2D eigenvalue weighted by Crippen LogP contribution is -2.80. The van der Waals surface area contributed by atoms with E-state index >= 15 is 0 Å². The Balaban J connectivity index is 1.96. The Hall–Kier alpha value is -0.690. The molecular weight excluding hydrogens is 272 g/mol. The molecule has 1 heterocycles. The quantitative estimate of drug-likeness (QED) is 0.674. The highest BCUT2D eigenvalue weighted by Crippen LogP contribution is 2.58. The molecule has 6 nitrogen and oxygen atoms in total. The first-order chi connectivity index (χ1) is 9.89. The summed E-state index contributed by atoms with van der Waals surface area (Å²) in [5.74, 6) is -0.0335. The molecule has 1 aliphatic heterocycles. The molecule has 0 bridgehead atoms. The van der Waals surface area contributed by atoms with Gasteiger partial charge >= 0.3 is 0 Å². The molecule has 1 aliphatic carbocycles. The van der Waals surface area contributed by atoms with Gasteiger partial charge in [-0.15, -0.1) is 0 Å². The number of carbonyl (C=O) groups is 1. The number of hydrogen-bond donors (Lipinski definition) is 2. The predicted molar refractivity (Wildman–Crippen MR) is 78.6 cm³/mol. The zero-order valence-electron chi connectivity index (χ0n) is 13.5. The predicted octanol–water partition coefficient (Wildman–Crippen LogP) is 0.644. The Morgan fingerprint density at radius 1 is 1.38 bits per heavy atom. The van der Waals surface area contributed by atoms with Gasteiger partial charge in [0.1, 0.15) is 5.54 Å². The summed E-state index contributed by atoms with van der Waals surface area (Å²) in [6, 6.07) is 0. The topological polar surface area (TPSA) is 82.8 Å². The Kier molecular flexibility index (Phi) is 4.92. The second-order valence-electron chi connectivity index (χ2n) is 6.33. The molecular formula is C15H28N2O4. The Bertz CT molecular complexity index is 382. The number of nitrogens with one attached hydrogen (secondary N) is 1. The first kappa shape index (κ1) is 16.7. The SMILES string of the molecule is CCOC(CNC(=O)C1(N)C2CCOC2C1(C)C)OCC. The Morgan fingerprint density at radius 2 is 2.00 bits per heavy atom. The van der Waals surface area contributed by atoms with Crippen molar-refractivity contribution in [2.24, 2.45) is 17.1 Å². The summed E-state index contributed by atoms with van der Waals surface area (Å²) in [5, 5.41) is 2.89. The summed E-state index contributed by atoms with van der Waals surface area (Å²) in [4.78, 5) is 12.6. The maximum Gasteiger partial charge on any atom is 0.241 e. The lowest BCUT2D eigenvalue weighted by Gasteiger charge is -2.60. The molecule has 3 atom stereocenters. The summed E-state index contributed by atoms with van der Waals surface area (Å²) < 4.78 is 16.6. The van der Waals surface area contributed by atoms with Gasteiger partial charge in [0.15, 0.2) is 6.29 Å². The summed E-state index contributed by atoms with van der Waals surface area (Å²) in [6.07, 6.45) is 0.507. The van der Waals surface area contributed by atoms with Crippen molar-refractivity contribution in [3.63, 3.8) is 0 Å². The van der Waals surface area contributed by atoms with Crippen LogP contribution in [0.15, 0.2) is 0 Å². The van der Waals surface area contributed by atoms with Crippen molar-refractivity contribution in [1.82, 2.24) is 5.32 Å². The van der Waals surface area contributed by atoms with Crippen molar-refractivity contribution >= 4 is 5.91 Å². The first-order valence-electron chi connectivity index (χ1n) is 7.81. The number of carbonyl (C=O) groups excluding carboxylic acids is 1. The normalized spacial score (nSPS) is 33.6. The van der Waals surface area contributed by atoms with Gasteiger partial charge in [0, 0.05) is 31.2 Å². The van der Waals surface area contributed by atoms with Crippen LogP contribution in [0.1, 0.15) is 34.1 Å². The third-order valence-electron chi connectivity index (χ3n) is 4.96. The van der Waals surface area contributed by atoms with Crippen LogP contribution >= 0.6 is 0 Å². The summed E-state index contributed by atoms with van der Waals surface area (Å²) in [6.45, 7) is 9.88. The number of fused-ring (bicyclic) bond motifs is 1. The van der Waals surface area contributed by atoms with Gasteiger partial charge in [-0.25, -0.2) is 0 Å². The number of amides is 1. The van der Waals surface area contributed by atoms with E-state index < -0.39 is 11.8 Å². The van der Waals surface area contributed by atoms with E-state index in [-0.39, 0.29) is 23.3 Å². The zero-order chi connectivity index (χ0) is 15.7. The van der Waals surface area contributed by atoms with Gasteiger partial charge in [-0.05, 0) is 20.3 Å². The monoisotopic (exact) mass is 300 g/mol. The minimum absolute atomic E-state index is 0.0860. The lowest BCUT2D eigenvalue weighted by molar-refractivity contribution is -0.178. The Morgan fingerprint density at radius 3 is 2.57 bits per heavy atom. The van der Waals surface area contributed by atoms with Gasteiger partial charge in [0.25, 0.3) is 0 Å². The van der Waals surface area contributed by atoms with E-state index in [0.29, 0.717) is 26.4 Å². The van der Waals surface area contributed by atoms with E-state index in [2.05, 4.69) is 5.32 Å². The van der Waals surface area contributed by atoms with Crippen molar-refractivity contribution in [3.8, 4) is 0 Å². The molecule has 0 aromatic rings. The highest BCUT2D eigenvalue weighted by Gasteiger charge is 2.71. The number of nitrogens with two attached hydrogens (primary N) is 1. The van der Waals surface area contributed by atoms with Crippen LogP contribution in [0, 0.1) is 11.3 Å². The molecule has 6 heteroatoms. The van der Waals surface area contributed by atoms with Gasteiger partial charge in [-0.2, -0.15) is 0 Å². The van der Waals surface area contributed by atoms with Gasteiger partial charge in [-0.1, -0.05) is 13.8 Å². The van der Waals surface area contributed by atoms with Crippen LogP contribution in [0.5, 0.6) is 0 Å². The summed E-state index contributed by atoms with van der Waals surface area (Å²) >= 11 is 0. The van der Waals surface area contributed by atoms with Crippen LogP contribution in [0.2, 0.25) is 0 Å². The molecule has 21 heavy (non-hydrogen) atoms. The molecule has 0 aromatic heterocycles. The molecule has 1 saturated heterocycles. The molecule has 3 unspecified atom stereocenters. The average Bonchev–Trinajstić information content (AvgIpc) is 2.92. The number of ether oxygens (including phenoxy) is 3. The molecule has 0 spiro atoms. The first-order valence-corrected chi connectivity index (χ1v) is 7.81. The van der Waals surface area contributed by atoms with Crippen LogP contribution in [0.25, 0.3) is 0 Å². The van der Waals surface area contributed by atoms with Crippen LogP contribution in [0.3, 0.4) is 0 Å². The second-order valence-corrected chi connectivity index (χ2v) is 6.33. The number of hydrogen-bond acceptors (Lipinski definition) is 5. The largest absolute Gasteiger partial charge is 0.377 e. The van der Waals surface area contributed by atoms with Crippen molar-refractivity contribution in [2.75, 3.05) is 26.4 Å². The molecule has 2 aliphatic rings. The molecule has 2 fully saturated rings. The molecule has 0 aromatic carbocycles. The molecule has 2 rings (SSSR count). The fourth-order valence-corrected chi connectivity index (χ4v) is 3.71. The zero-order valence-corrected chi connectivity index (χ0v) is 13.5. The van der Waals surface area contributed by atoms with Crippen molar-refractivity contribution in [1.29, 1.82) is 0 Å². The second kappa shape index (κ2) is 6.20. The minimum atomic E-state index is -0.878. The maximum absolute atomic E-state index is 12.6. The van der Waals surface area contributed by atoms with Gasteiger partial charge in [-0.3, -0.25) is 4.79 Å². The van der Waals surface area contributed by atoms with E-state index in [1.165, 1.54) is 0 Å². The van der Waals surface area contributed by atoms with Crippen LogP contribution in [-0.4, -0.2) is 50.2 Å². The minimum Gasteiger partial charge on any atom is -0.377 e. The lowest BCUT2D eigenvalue weighted by atomic mass is 9.48. The molecule has 122 valence electrons. The van der Waals surface area contributed by atoms with E-state index in [1.54, 1.807) is 0 Å². The van der Waals surface area contributed by atoms with Gasteiger partial charge in [0.2, 0.25) is 5.91 Å². The van der Waals surface area contributed by atoms with Crippen LogP contribution < -0.4 is 11.1 Å². The molecule has 1 saturated carbocycles. The van der Waals surface area contributed by atoms with E-state index in [1.807, 2.05) is 27.7 Å². The third-order valence-corrected chi connectivity index (χ3v) is 4.96. The van der Waals surface area contributed by atoms with Gasteiger partial charge in [0.05, 0.1) is 12.6 Å². The standard InChI is InChI=1S/C15H28N2O4/c1-5-19-11(20-6-2)9-17-13(18)15(16)10-7-8-21-12(10)14(15,3)4/h10-12H,5-9,16H2,1-4H3,(H,17,18).